The van der Waals surface area contributed by atoms with Crippen molar-refractivity contribution in [1.82, 2.24) is 0 Å². The molecule has 0 aromatic heterocycles. The number of ketones is 1. The molecule has 0 amide bonds. The van der Waals surface area contributed by atoms with Crippen LogP contribution < -0.4 is 0 Å². The Morgan fingerprint density at radius 3 is 2.48 bits per heavy atom. The molecule has 9 atom stereocenters. The predicted octanol–water partition coefficient (Wildman–Crippen LogP) is 6.40. The standard InChI is InChI=1S/C31H43F3O6/c1-5-7-9-24(37)39-28(40-25(38)15-19(35)8-6-2)18-14-20-21-16-22(32)26-27(33)23(36)10-11-30(26,4)31(21,34)13-12-29(20,3)17-18/h10-11,18-22,28,35H,5-9,12-17H2,1-4H3/t18-,19?,20-,21-,22-,28?,29+,30-,31+/m0/s1. The van der Waals surface area contributed by atoms with E-state index in [0.29, 0.717) is 38.5 Å². The van der Waals surface area contributed by atoms with Crippen LogP contribution in [0.5, 0.6) is 0 Å². The first kappa shape index (κ1) is 30.8. The van der Waals surface area contributed by atoms with Crippen molar-refractivity contribution >= 4 is 17.7 Å². The van der Waals surface area contributed by atoms with Crippen molar-refractivity contribution in [2.75, 3.05) is 0 Å². The number of aliphatic hydroxyl groups is 1. The van der Waals surface area contributed by atoms with E-state index in [1.54, 1.807) is 0 Å². The molecule has 0 radical (unpaired) electrons. The summed E-state index contributed by atoms with van der Waals surface area (Å²) in [7, 11) is 0. The fourth-order valence-electron chi connectivity index (χ4n) is 8.02. The van der Waals surface area contributed by atoms with Gasteiger partial charge in [-0.1, -0.05) is 39.7 Å². The second-order valence-electron chi connectivity index (χ2n) is 12.9. The molecule has 9 heteroatoms. The minimum Gasteiger partial charge on any atom is -0.425 e. The molecule has 2 unspecified atom stereocenters. The topological polar surface area (TPSA) is 89.9 Å². The Balaban J connectivity index is 1.60. The SMILES string of the molecule is CCCCC(=O)OC(OC(=O)CC(O)CCC)[C@H]1C[C@H]2[C@@H]3C[C@H](F)C4=C(F)C(=O)C=C[C@]4(C)[C@@]3(F)CC[C@]2(C)C1. The molecule has 1 N–H and O–H groups in total. The van der Waals surface area contributed by atoms with Gasteiger partial charge in [0.2, 0.25) is 12.1 Å². The number of halogens is 3. The summed E-state index contributed by atoms with van der Waals surface area (Å²) in [6.07, 6.45) is 2.04. The molecule has 40 heavy (non-hydrogen) atoms. The molecule has 0 saturated heterocycles. The smallest absolute Gasteiger partial charge is 0.311 e. The van der Waals surface area contributed by atoms with Gasteiger partial charge in [-0.2, -0.15) is 0 Å². The lowest BCUT2D eigenvalue weighted by atomic mass is 9.46. The first-order valence-corrected chi connectivity index (χ1v) is 14.8. The average Bonchev–Trinajstić information content (AvgIpc) is 3.24. The fraction of sp³-hybridized carbons (Fsp3) is 0.774. The molecule has 0 heterocycles. The zero-order chi connectivity index (χ0) is 29.5. The van der Waals surface area contributed by atoms with Crippen LogP contribution in [0.25, 0.3) is 0 Å². The number of esters is 2. The lowest BCUT2D eigenvalue weighted by molar-refractivity contribution is -0.199. The Morgan fingerprint density at radius 2 is 1.80 bits per heavy atom. The molecule has 4 aliphatic rings. The lowest BCUT2D eigenvalue weighted by Gasteiger charge is -2.60. The van der Waals surface area contributed by atoms with Gasteiger partial charge in [0.05, 0.1) is 12.5 Å². The molecular weight excluding hydrogens is 525 g/mol. The highest BCUT2D eigenvalue weighted by Gasteiger charge is 2.69. The minimum atomic E-state index is -1.97. The van der Waals surface area contributed by atoms with E-state index in [0.717, 1.165) is 12.5 Å². The summed E-state index contributed by atoms with van der Waals surface area (Å²) in [5.74, 6) is -4.82. The normalized spacial score (nSPS) is 38.2. The second-order valence-corrected chi connectivity index (χ2v) is 12.9. The van der Waals surface area contributed by atoms with Crippen molar-refractivity contribution in [2.24, 2.45) is 28.6 Å². The number of unbranched alkanes of at least 4 members (excludes halogenated alkanes) is 1. The van der Waals surface area contributed by atoms with Gasteiger partial charge < -0.3 is 14.6 Å². The third-order valence-corrected chi connectivity index (χ3v) is 10.2. The highest BCUT2D eigenvalue weighted by molar-refractivity contribution is 6.04. The number of alkyl halides is 2. The first-order valence-electron chi connectivity index (χ1n) is 14.8. The molecule has 0 aliphatic heterocycles. The van der Waals surface area contributed by atoms with Gasteiger partial charge in [0.1, 0.15) is 11.8 Å². The van der Waals surface area contributed by atoms with Gasteiger partial charge in [0.25, 0.3) is 0 Å². The van der Waals surface area contributed by atoms with Crippen molar-refractivity contribution in [3.8, 4) is 0 Å². The summed E-state index contributed by atoms with van der Waals surface area (Å²) < 4.78 is 59.0. The number of aliphatic hydroxyl groups excluding tert-OH is 1. The maximum atomic E-state index is 17.2. The monoisotopic (exact) mass is 568 g/mol. The summed E-state index contributed by atoms with van der Waals surface area (Å²) in [6, 6.07) is 0. The molecular formula is C31H43F3O6. The third-order valence-electron chi connectivity index (χ3n) is 10.2. The first-order chi connectivity index (χ1) is 18.8. The zero-order valence-corrected chi connectivity index (χ0v) is 24.0. The van der Waals surface area contributed by atoms with Crippen LogP contribution in [0.3, 0.4) is 0 Å². The van der Waals surface area contributed by atoms with Crippen molar-refractivity contribution in [2.45, 2.75) is 123 Å². The number of carbonyl (C=O) groups excluding carboxylic acids is 3. The van der Waals surface area contributed by atoms with E-state index >= 15 is 8.78 Å². The number of allylic oxidation sites excluding steroid dienone is 4. The highest BCUT2D eigenvalue weighted by atomic mass is 19.2. The Hall–Kier alpha value is -2.16. The van der Waals surface area contributed by atoms with Crippen LogP contribution in [0.4, 0.5) is 13.2 Å². The van der Waals surface area contributed by atoms with Crippen molar-refractivity contribution < 1.29 is 42.1 Å². The quantitative estimate of drug-likeness (QED) is 0.242. The Kier molecular flexibility index (Phi) is 8.94. The van der Waals surface area contributed by atoms with Gasteiger partial charge in [0, 0.05) is 29.2 Å². The van der Waals surface area contributed by atoms with Crippen LogP contribution in [0.1, 0.15) is 98.3 Å². The number of hydrogen-bond acceptors (Lipinski definition) is 6. The fourth-order valence-corrected chi connectivity index (χ4v) is 8.02. The van der Waals surface area contributed by atoms with E-state index in [9.17, 15) is 23.9 Å². The summed E-state index contributed by atoms with van der Waals surface area (Å²) in [4.78, 5) is 37.3. The number of hydrogen-bond donors (Lipinski definition) is 1. The number of rotatable bonds is 10. The molecule has 3 saturated carbocycles. The highest BCUT2D eigenvalue weighted by Crippen LogP contribution is 2.69. The van der Waals surface area contributed by atoms with Crippen LogP contribution in [0.2, 0.25) is 0 Å². The molecule has 4 aliphatic carbocycles. The van der Waals surface area contributed by atoms with Gasteiger partial charge >= 0.3 is 11.9 Å². The van der Waals surface area contributed by atoms with E-state index in [4.69, 9.17) is 9.47 Å². The van der Waals surface area contributed by atoms with Gasteiger partial charge in [-0.05, 0) is 69.3 Å². The van der Waals surface area contributed by atoms with Gasteiger partial charge in [-0.15, -0.1) is 0 Å². The van der Waals surface area contributed by atoms with E-state index in [1.165, 1.54) is 13.0 Å². The second kappa shape index (κ2) is 11.6. The molecule has 6 nitrogen and oxygen atoms in total. The molecule has 0 spiro atoms. The van der Waals surface area contributed by atoms with E-state index in [1.807, 2.05) is 20.8 Å². The largest absolute Gasteiger partial charge is 0.425 e. The summed E-state index contributed by atoms with van der Waals surface area (Å²) in [5.41, 5.74) is -4.37. The van der Waals surface area contributed by atoms with Crippen molar-refractivity contribution in [3.63, 3.8) is 0 Å². The van der Waals surface area contributed by atoms with Crippen molar-refractivity contribution in [3.05, 3.63) is 23.6 Å². The van der Waals surface area contributed by atoms with Crippen LogP contribution in [0, 0.1) is 28.6 Å². The van der Waals surface area contributed by atoms with Crippen molar-refractivity contribution in [1.29, 1.82) is 0 Å². The molecule has 3 fully saturated rings. The zero-order valence-electron chi connectivity index (χ0n) is 24.0. The Bertz CT molecular complexity index is 1070. The minimum absolute atomic E-state index is 0.0693. The van der Waals surface area contributed by atoms with E-state index < -0.39 is 70.4 Å². The maximum absolute atomic E-state index is 17.2. The number of ether oxygens (including phenoxy) is 2. The van der Waals surface area contributed by atoms with Crippen LogP contribution >= 0.6 is 0 Å². The predicted molar refractivity (Wildman–Crippen MR) is 142 cm³/mol. The van der Waals surface area contributed by atoms with E-state index in [2.05, 4.69) is 0 Å². The lowest BCUT2D eigenvalue weighted by Crippen LogP contribution is -2.61. The van der Waals surface area contributed by atoms with E-state index in [-0.39, 0.29) is 37.2 Å². The Labute approximate surface area is 234 Å². The maximum Gasteiger partial charge on any atom is 0.311 e. The third kappa shape index (κ3) is 5.39. The molecule has 0 aromatic rings. The summed E-state index contributed by atoms with van der Waals surface area (Å²) in [6.45, 7) is 7.33. The number of fused-ring (bicyclic) bond motifs is 5. The summed E-state index contributed by atoms with van der Waals surface area (Å²) >= 11 is 0. The number of carbonyl (C=O) groups is 3. The van der Waals surface area contributed by atoms with Crippen LogP contribution in [-0.2, 0) is 23.9 Å². The van der Waals surface area contributed by atoms with Crippen LogP contribution in [0.15, 0.2) is 23.6 Å². The molecule has 4 rings (SSSR count). The van der Waals surface area contributed by atoms with Crippen LogP contribution in [-0.4, -0.2) is 47.1 Å². The Morgan fingerprint density at radius 1 is 1.10 bits per heavy atom. The molecule has 224 valence electrons. The molecule has 0 aromatic carbocycles. The summed E-state index contributed by atoms with van der Waals surface area (Å²) in [5, 5.41) is 10.1. The van der Waals surface area contributed by atoms with Gasteiger partial charge in [-0.25, -0.2) is 13.2 Å². The van der Waals surface area contributed by atoms with Gasteiger partial charge in [0.15, 0.2) is 5.83 Å². The average molecular weight is 569 g/mol. The van der Waals surface area contributed by atoms with Gasteiger partial charge in [-0.3, -0.25) is 14.4 Å². The molecule has 0 bridgehead atoms.